The van der Waals surface area contributed by atoms with Crippen LogP contribution in [-0.2, 0) is 0 Å². The summed E-state index contributed by atoms with van der Waals surface area (Å²) in [5, 5.41) is 8.62. The maximum absolute atomic E-state index is 8.62. The van der Waals surface area contributed by atoms with E-state index in [0.717, 1.165) is 0 Å². The smallest absolute Gasteiger partial charge is 0.188 e. The monoisotopic (exact) mass is 187 g/mol. The average Bonchev–Trinajstić information content (AvgIpc) is 2.03. The molecule has 0 rings (SSSR count). The highest BCUT2D eigenvalue weighted by molar-refractivity contribution is 5.20. The van der Waals surface area contributed by atoms with Crippen molar-refractivity contribution in [2.24, 2.45) is 34.4 Å². The van der Waals surface area contributed by atoms with Gasteiger partial charge in [-0.25, -0.2) is 0 Å². The lowest BCUT2D eigenvalue weighted by atomic mass is 9.83. The van der Waals surface area contributed by atoms with Crippen LogP contribution in [0.5, 0.6) is 0 Å². The van der Waals surface area contributed by atoms with Gasteiger partial charge in [-0.3, -0.25) is 11.5 Å². The fourth-order valence-electron chi connectivity index (χ4n) is 0.770. The van der Waals surface area contributed by atoms with E-state index in [1.54, 1.807) is 13.0 Å². The Hall–Kier alpha value is -0.750. The molecule has 0 radical (unpaired) electrons. The molecule has 0 atom stereocenters. The Morgan fingerprint density at radius 2 is 1.46 bits per heavy atom. The summed E-state index contributed by atoms with van der Waals surface area (Å²) in [6.45, 7) is 1.67. The van der Waals surface area contributed by atoms with E-state index >= 15 is 0 Å². The van der Waals surface area contributed by atoms with E-state index in [0.29, 0.717) is 0 Å². The second-order valence-corrected chi connectivity index (χ2v) is 3.24. The predicted octanol–water partition coefficient (Wildman–Crippen LogP) is -3.24. The van der Waals surface area contributed by atoms with E-state index in [1.807, 2.05) is 0 Å². The maximum atomic E-state index is 8.62. The molecular weight excluding hydrogens is 170 g/mol. The average molecular weight is 187 g/mol. The largest absolute Gasteiger partial charge is 0.311 e. The van der Waals surface area contributed by atoms with Gasteiger partial charge in [0.25, 0.3) is 0 Å². The summed E-state index contributed by atoms with van der Waals surface area (Å²) in [4.78, 5) is 0. The first kappa shape index (κ1) is 12.2. The van der Waals surface area contributed by atoms with Gasteiger partial charge in [-0.05, 0) is 6.42 Å². The van der Waals surface area contributed by atoms with Gasteiger partial charge in [0, 0.05) is 0 Å². The zero-order chi connectivity index (χ0) is 10.9. The zero-order valence-corrected chi connectivity index (χ0v) is 7.62. The molecule has 0 aromatic carbocycles. The van der Waals surface area contributed by atoms with Crippen molar-refractivity contribution in [3.63, 3.8) is 0 Å². The van der Waals surface area contributed by atoms with Crippen molar-refractivity contribution in [1.82, 2.24) is 0 Å². The predicted molar refractivity (Wildman–Crippen MR) is 49.2 cm³/mol. The molecule has 0 aromatic rings. The highest BCUT2D eigenvalue weighted by atomic mass is 15.2. The van der Waals surface area contributed by atoms with E-state index in [4.69, 9.17) is 39.7 Å². The summed E-state index contributed by atoms with van der Waals surface area (Å²) in [5.41, 5.74) is 27.6. The molecule has 0 spiro atoms. The quantitative estimate of drug-likeness (QED) is 0.251. The summed E-state index contributed by atoms with van der Waals surface area (Å²) in [6.07, 6.45) is 0.248. The lowest BCUT2D eigenvalue weighted by Crippen LogP contribution is -2.88. The summed E-state index contributed by atoms with van der Waals surface area (Å²) in [5.74, 6) is 0. The zero-order valence-electron chi connectivity index (χ0n) is 7.62. The third kappa shape index (κ3) is 1.78. The van der Waals surface area contributed by atoms with Crippen molar-refractivity contribution in [2.45, 2.75) is 30.3 Å². The second kappa shape index (κ2) is 3.19. The Bertz CT molecular complexity index is 224. The van der Waals surface area contributed by atoms with Crippen molar-refractivity contribution in [1.29, 1.82) is 5.26 Å². The first-order valence-electron chi connectivity index (χ1n) is 3.77. The Labute approximate surface area is 77.0 Å². The number of hydrogen-bond donors (Lipinski definition) is 6. The van der Waals surface area contributed by atoms with Gasteiger partial charge >= 0.3 is 0 Å². The highest BCUT2D eigenvalue weighted by Crippen LogP contribution is 2.17. The Balaban J connectivity index is 5.10. The van der Waals surface area contributed by atoms with Crippen molar-refractivity contribution in [2.75, 3.05) is 0 Å². The van der Waals surface area contributed by atoms with Crippen LogP contribution in [0.2, 0.25) is 0 Å². The van der Waals surface area contributed by atoms with Gasteiger partial charge < -0.3 is 22.9 Å². The molecule has 0 aliphatic rings. The Kier molecular flexibility index (Phi) is 3.01. The number of hydrogen-bond acceptors (Lipinski definition) is 7. The fourth-order valence-corrected chi connectivity index (χ4v) is 0.770. The number of nitrogens with zero attached hydrogens (tertiary/aromatic N) is 1. The van der Waals surface area contributed by atoms with Gasteiger partial charge in [0.15, 0.2) is 5.66 Å². The van der Waals surface area contributed by atoms with Crippen molar-refractivity contribution in [3.8, 4) is 6.07 Å². The molecule has 0 heterocycles. The molecule has 0 saturated heterocycles. The standard InChI is InChI=1S/C6H17N7/c1-2-4(8,9)6(12,13)5(10,11)3-7/h2,8-13H2,1H3. The third-order valence-electron chi connectivity index (χ3n) is 2.22. The van der Waals surface area contributed by atoms with Crippen molar-refractivity contribution in [3.05, 3.63) is 0 Å². The molecule has 13 heavy (non-hydrogen) atoms. The maximum Gasteiger partial charge on any atom is 0.188 e. The van der Waals surface area contributed by atoms with Gasteiger partial charge in [-0.15, -0.1) is 0 Å². The molecule has 12 N–H and O–H groups in total. The lowest BCUT2D eigenvalue weighted by molar-refractivity contribution is 0.151. The molecule has 0 aliphatic heterocycles. The first-order valence-corrected chi connectivity index (χ1v) is 3.77. The summed E-state index contributed by atoms with van der Waals surface area (Å²) in [6, 6.07) is 1.57. The molecule has 7 nitrogen and oxygen atoms in total. The number of nitriles is 1. The van der Waals surface area contributed by atoms with E-state index in [2.05, 4.69) is 0 Å². The van der Waals surface area contributed by atoms with E-state index in [1.165, 1.54) is 0 Å². The molecule has 76 valence electrons. The van der Waals surface area contributed by atoms with Crippen LogP contribution in [0.4, 0.5) is 0 Å². The van der Waals surface area contributed by atoms with Crippen LogP contribution in [0, 0.1) is 11.3 Å². The normalized spacial score (nSPS) is 14.0. The van der Waals surface area contributed by atoms with Crippen LogP contribution < -0.4 is 34.4 Å². The third-order valence-corrected chi connectivity index (χ3v) is 2.22. The number of rotatable bonds is 3. The summed E-state index contributed by atoms with van der Waals surface area (Å²) < 4.78 is 0. The van der Waals surface area contributed by atoms with Crippen LogP contribution in [0.3, 0.4) is 0 Å². The summed E-state index contributed by atoms with van der Waals surface area (Å²) in [7, 11) is 0. The number of nitrogens with two attached hydrogens (primary N) is 6. The second-order valence-electron chi connectivity index (χ2n) is 3.24. The SMILES string of the molecule is CCC(N)(N)C(N)(N)C(N)(N)C#N. The van der Waals surface area contributed by atoms with Crippen LogP contribution in [0.25, 0.3) is 0 Å². The molecule has 0 fully saturated rings. The van der Waals surface area contributed by atoms with Gasteiger partial charge in [0.2, 0.25) is 0 Å². The van der Waals surface area contributed by atoms with Crippen LogP contribution in [0.15, 0.2) is 0 Å². The molecular formula is C6H17N7. The van der Waals surface area contributed by atoms with Crippen molar-refractivity contribution >= 4 is 0 Å². The van der Waals surface area contributed by atoms with Gasteiger partial charge in [-0.1, -0.05) is 6.92 Å². The minimum absolute atomic E-state index is 0.248. The minimum Gasteiger partial charge on any atom is -0.311 e. The Morgan fingerprint density at radius 1 is 1.08 bits per heavy atom. The molecule has 0 saturated carbocycles. The topological polar surface area (TPSA) is 180 Å². The minimum atomic E-state index is -1.97. The van der Waals surface area contributed by atoms with Crippen LogP contribution >= 0.6 is 0 Å². The van der Waals surface area contributed by atoms with Gasteiger partial charge in [0.1, 0.15) is 11.7 Å². The van der Waals surface area contributed by atoms with E-state index in [9.17, 15) is 0 Å². The molecule has 0 bridgehead atoms. The van der Waals surface area contributed by atoms with Crippen LogP contribution in [-0.4, -0.2) is 17.0 Å². The lowest BCUT2D eigenvalue weighted by Gasteiger charge is -2.45. The molecule has 0 aliphatic carbocycles. The first-order chi connectivity index (χ1) is 5.62. The van der Waals surface area contributed by atoms with Gasteiger partial charge in [-0.2, -0.15) is 5.26 Å². The fraction of sp³-hybridized carbons (Fsp3) is 0.833. The van der Waals surface area contributed by atoms with Crippen molar-refractivity contribution < 1.29 is 0 Å². The summed E-state index contributed by atoms with van der Waals surface area (Å²) >= 11 is 0. The van der Waals surface area contributed by atoms with Crippen LogP contribution in [0.1, 0.15) is 13.3 Å². The molecule has 0 unspecified atom stereocenters. The highest BCUT2D eigenvalue weighted by Gasteiger charge is 2.52. The van der Waals surface area contributed by atoms with Gasteiger partial charge in [0.05, 0.1) is 5.66 Å². The molecule has 0 aromatic heterocycles. The molecule has 7 heteroatoms. The Morgan fingerprint density at radius 3 is 1.69 bits per heavy atom. The van der Waals surface area contributed by atoms with E-state index in [-0.39, 0.29) is 6.42 Å². The van der Waals surface area contributed by atoms with E-state index < -0.39 is 17.0 Å². The molecule has 0 amide bonds.